The first-order valence-corrected chi connectivity index (χ1v) is 6.72. The van der Waals surface area contributed by atoms with Crippen molar-refractivity contribution in [2.24, 2.45) is 0 Å². The molecule has 0 saturated carbocycles. The van der Waals surface area contributed by atoms with Crippen molar-refractivity contribution in [2.45, 2.75) is 45.2 Å². The second-order valence-electron chi connectivity index (χ2n) is 4.72. The smallest absolute Gasteiger partial charge is 0.119 e. The topological polar surface area (TPSA) is 41.5 Å². The lowest BCUT2D eigenvalue weighted by Crippen LogP contribution is -2.32. The van der Waals surface area contributed by atoms with Gasteiger partial charge in [0.2, 0.25) is 0 Å². The Morgan fingerprint density at radius 3 is 2.78 bits per heavy atom. The molecule has 2 atom stereocenters. The fourth-order valence-corrected chi connectivity index (χ4v) is 2.05. The number of benzene rings is 1. The molecule has 0 fully saturated rings. The van der Waals surface area contributed by atoms with Gasteiger partial charge in [0.05, 0.1) is 19.8 Å². The van der Waals surface area contributed by atoms with E-state index in [0.29, 0.717) is 6.04 Å². The molecule has 18 heavy (non-hydrogen) atoms. The van der Waals surface area contributed by atoms with Crippen LogP contribution in [0.25, 0.3) is 0 Å². The summed E-state index contributed by atoms with van der Waals surface area (Å²) in [6, 6.07) is 8.25. The van der Waals surface area contributed by atoms with Gasteiger partial charge in [0.1, 0.15) is 5.75 Å². The Hall–Kier alpha value is -1.06. The van der Waals surface area contributed by atoms with Gasteiger partial charge in [-0.3, -0.25) is 0 Å². The van der Waals surface area contributed by atoms with Gasteiger partial charge in [0, 0.05) is 6.04 Å². The van der Waals surface area contributed by atoms with Crippen LogP contribution in [-0.4, -0.2) is 24.9 Å². The van der Waals surface area contributed by atoms with Gasteiger partial charge in [-0.05, 0) is 31.0 Å². The summed E-state index contributed by atoms with van der Waals surface area (Å²) >= 11 is 0. The average Bonchev–Trinajstić information content (AvgIpc) is 2.42. The molecular formula is C15H25NO2. The van der Waals surface area contributed by atoms with Crippen LogP contribution in [0.5, 0.6) is 5.75 Å². The summed E-state index contributed by atoms with van der Waals surface area (Å²) in [5, 5.41) is 13.0. The molecule has 3 heteroatoms. The lowest BCUT2D eigenvalue weighted by molar-refractivity contribution is 0.232. The highest BCUT2D eigenvalue weighted by molar-refractivity contribution is 5.30. The number of methoxy groups -OCH3 is 1. The Kier molecular flexibility index (Phi) is 6.76. The summed E-state index contributed by atoms with van der Waals surface area (Å²) < 4.78 is 5.21. The van der Waals surface area contributed by atoms with Crippen molar-refractivity contribution < 1.29 is 9.84 Å². The van der Waals surface area contributed by atoms with Gasteiger partial charge >= 0.3 is 0 Å². The Morgan fingerprint density at radius 2 is 2.17 bits per heavy atom. The molecule has 0 bridgehead atoms. The van der Waals surface area contributed by atoms with E-state index in [4.69, 9.17) is 4.74 Å². The van der Waals surface area contributed by atoms with Gasteiger partial charge in [-0.25, -0.2) is 0 Å². The van der Waals surface area contributed by atoms with E-state index in [-0.39, 0.29) is 12.6 Å². The van der Waals surface area contributed by atoms with Crippen molar-refractivity contribution in [1.82, 2.24) is 5.32 Å². The number of aliphatic hydroxyl groups excluding tert-OH is 1. The van der Waals surface area contributed by atoms with Crippen LogP contribution in [0, 0.1) is 0 Å². The lowest BCUT2D eigenvalue weighted by Gasteiger charge is -2.22. The fraction of sp³-hybridized carbons (Fsp3) is 0.600. The van der Waals surface area contributed by atoms with Gasteiger partial charge in [-0.15, -0.1) is 0 Å². The maximum Gasteiger partial charge on any atom is 0.119 e. The Bertz CT molecular complexity index is 341. The SMILES string of the molecule is CCCCC(C)NC(CO)c1cccc(OC)c1. The minimum atomic E-state index is -0.0213. The second-order valence-corrected chi connectivity index (χ2v) is 4.72. The van der Waals surface area contributed by atoms with Crippen molar-refractivity contribution in [2.75, 3.05) is 13.7 Å². The minimum absolute atomic E-state index is 0.0213. The summed E-state index contributed by atoms with van der Waals surface area (Å²) in [6.07, 6.45) is 3.55. The van der Waals surface area contributed by atoms with Crippen LogP contribution < -0.4 is 10.1 Å². The molecule has 0 aromatic heterocycles. The first-order valence-electron chi connectivity index (χ1n) is 6.72. The van der Waals surface area contributed by atoms with Crippen molar-refractivity contribution >= 4 is 0 Å². The molecule has 1 rings (SSSR count). The van der Waals surface area contributed by atoms with Gasteiger partial charge in [0.25, 0.3) is 0 Å². The Balaban J connectivity index is 2.64. The molecule has 2 N–H and O–H groups in total. The maximum absolute atomic E-state index is 9.51. The lowest BCUT2D eigenvalue weighted by atomic mass is 10.0. The largest absolute Gasteiger partial charge is 0.497 e. The molecule has 0 spiro atoms. The van der Waals surface area contributed by atoms with Crippen LogP contribution in [0.4, 0.5) is 0 Å². The van der Waals surface area contributed by atoms with Crippen molar-refractivity contribution in [1.29, 1.82) is 0 Å². The second kappa shape index (κ2) is 8.11. The standard InChI is InChI=1S/C15H25NO2/c1-4-5-7-12(2)16-15(11-17)13-8-6-9-14(10-13)18-3/h6,8-10,12,15-17H,4-5,7,11H2,1-3H3. The molecule has 102 valence electrons. The summed E-state index contributed by atoms with van der Waals surface area (Å²) in [5.74, 6) is 0.828. The third kappa shape index (κ3) is 4.67. The molecule has 0 aliphatic carbocycles. The van der Waals surface area contributed by atoms with Gasteiger partial charge in [0.15, 0.2) is 0 Å². The molecule has 3 nitrogen and oxygen atoms in total. The monoisotopic (exact) mass is 251 g/mol. The Morgan fingerprint density at radius 1 is 1.39 bits per heavy atom. The molecule has 0 aliphatic rings. The number of rotatable bonds is 8. The molecule has 0 aliphatic heterocycles. The minimum Gasteiger partial charge on any atom is -0.497 e. The van der Waals surface area contributed by atoms with E-state index < -0.39 is 0 Å². The number of hydrogen-bond donors (Lipinski definition) is 2. The van der Waals surface area contributed by atoms with E-state index in [1.165, 1.54) is 12.8 Å². The third-order valence-corrected chi connectivity index (χ3v) is 3.16. The molecule has 0 radical (unpaired) electrons. The number of ether oxygens (including phenoxy) is 1. The maximum atomic E-state index is 9.51. The van der Waals surface area contributed by atoms with Crippen LogP contribution in [0.2, 0.25) is 0 Å². The normalized spacial score (nSPS) is 14.2. The molecule has 2 unspecified atom stereocenters. The molecule has 0 amide bonds. The quantitative estimate of drug-likeness (QED) is 0.746. The number of aliphatic hydroxyl groups is 1. The molecular weight excluding hydrogens is 226 g/mol. The highest BCUT2D eigenvalue weighted by Gasteiger charge is 2.13. The van der Waals surface area contributed by atoms with Crippen molar-refractivity contribution in [3.05, 3.63) is 29.8 Å². The molecule has 0 saturated heterocycles. The number of unbranched alkanes of at least 4 members (excludes halogenated alkanes) is 1. The molecule has 0 heterocycles. The first-order chi connectivity index (χ1) is 8.71. The van der Waals surface area contributed by atoms with Crippen LogP contribution in [0.3, 0.4) is 0 Å². The van der Waals surface area contributed by atoms with Gasteiger partial charge < -0.3 is 15.2 Å². The number of nitrogens with one attached hydrogen (secondary N) is 1. The van der Waals surface area contributed by atoms with Crippen LogP contribution in [0.1, 0.15) is 44.7 Å². The van der Waals surface area contributed by atoms with Crippen molar-refractivity contribution in [3.8, 4) is 5.75 Å². The van der Waals surface area contributed by atoms with E-state index in [1.807, 2.05) is 24.3 Å². The number of hydrogen-bond acceptors (Lipinski definition) is 3. The predicted octanol–water partition coefficient (Wildman–Crippen LogP) is 2.90. The summed E-state index contributed by atoms with van der Waals surface area (Å²) in [7, 11) is 1.66. The molecule has 1 aromatic carbocycles. The van der Waals surface area contributed by atoms with Crippen LogP contribution in [0.15, 0.2) is 24.3 Å². The highest BCUT2D eigenvalue weighted by atomic mass is 16.5. The molecule has 1 aromatic rings. The third-order valence-electron chi connectivity index (χ3n) is 3.16. The summed E-state index contributed by atoms with van der Waals surface area (Å²) in [4.78, 5) is 0. The van der Waals surface area contributed by atoms with E-state index in [1.54, 1.807) is 7.11 Å². The zero-order chi connectivity index (χ0) is 13.4. The zero-order valence-corrected chi connectivity index (χ0v) is 11.6. The van der Waals surface area contributed by atoms with Gasteiger partial charge in [-0.1, -0.05) is 31.9 Å². The zero-order valence-electron chi connectivity index (χ0n) is 11.6. The fourth-order valence-electron chi connectivity index (χ4n) is 2.05. The first kappa shape index (κ1) is 15.0. The van der Waals surface area contributed by atoms with Crippen LogP contribution in [-0.2, 0) is 0 Å². The van der Waals surface area contributed by atoms with E-state index in [0.717, 1.165) is 17.7 Å². The van der Waals surface area contributed by atoms with E-state index in [9.17, 15) is 5.11 Å². The van der Waals surface area contributed by atoms with Crippen LogP contribution >= 0.6 is 0 Å². The van der Waals surface area contributed by atoms with E-state index in [2.05, 4.69) is 19.2 Å². The average molecular weight is 251 g/mol. The van der Waals surface area contributed by atoms with E-state index >= 15 is 0 Å². The Labute approximate surface area is 110 Å². The summed E-state index contributed by atoms with van der Waals surface area (Å²) in [5.41, 5.74) is 1.07. The van der Waals surface area contributed by atoms with Gasteiger partial charge in [-0.2, -0.15) is 0 Å². The predicted molar refractivity (Wildman–Crippen MR) is 74.9 cm³/mol. The summed E-state index contributed by atoms with van der Waals surface area (Å²) in [6.45, 7) is 4.46. The highest BCUT2D eigenvalue weighted by Crippen LogP contribution is 2.19. The van der Waals surface area contributed by atoms with Crippen molar-refractivity contribution in [3.63, 3.8) is 0 Å².